The van der Waals surface area contributed by atoms with Crippen LogP contribution in [0.25, 0.3) is 0 Å². The first-order valence-corrected chi connectivity index (χ1v) is 7.23. The lowest BCUT2D eigenvalue weighted by Gasteiger charge is -2.11. The number of amides is 1. The van der Waals surface area contributed by atoms with E-state index in [0.29, 0.717) is 26.5 Å². The lowest BCUT2D eigenvalue weighted by molar-refractivity contribution is -0.118. The molecule has 1 N–H and O–H groups in total. The molecule has 0 aromatic heterocycles. The maximum atomic E-state index is 11.8. The number of rotatable bonds is 4. The highest BCUT2D eigenvalue weighted by Gasteiger charge is 2.10. The summed E-state index contributed by atoms with van der Waals surface area (Å²) in [6.07, 6.45) is 0. The molecule has 0 saturated carbocycles. The molecular weight excluding hydrogens is 333 g/mol. The number of benzene rings is 2. The van der Waals surface area contributed by atoms with Crippen LogP contribution < -0.4 is 10.1 Å². The largest absolute Gasteiger partial charge is 0.482 e. The van der Waals surface area contributed by atoms with Gasteiger partial charge in [-0.2, -0.15) is 0 Å². The zero-order chi connectivity index (χ0) is 15.4. The second-order valence-electron chi connectivity index (χ2n) is 4.38. The molecule has 0 aliphatic rings. The summed E-state index contributed by atoms with van der Waals surface area (Å²) in [5.41, 5.74) is 1.37. The molecule has 0 aliphatic carbocycles. The van der Waals surface area contributed by atoms with Crippen molar-refractivity contribution in [2.24, 2.45) is 0 Å². The van der Waals surface area contributed by atoms with Crippen LogP contribution >= 0.6 is 34.8 Å². The van der Waals surface area contributed by atoms with E-state index in [1.807, 2.05) is 6.92 Å². The molecule has 0 fully saturated rings. The van der Waals surface area contributed by atoms with Gasteiger partial charge in [-0.05, 0) is 42.8 Å². The fraction of sp³-hybridized carbons (Fsp3) is 0.133. The van der Waals surface area contributed by atoms with Gasteiger partial charge >= 0.3 is 0 Å². The van der Waals surface area contributed by atoms with E-state index in [1.165, 1.54) is 0 Å². The van der Waals surface area contributed by atoms with Crippen LogP contribution in [0.2, 0.25) is 15.1 Å². The van der Waals surface area contributed by atoms with Crippen LogP contribution in [0.3, 0.4) is 0 Å². The molecule has 0 heterocycles. The summed E-state index contributed by atoms with van der Waals surface area (Å²) >= 11 is 17.8. The van der Waals surface area contributed by atoms with Crippen LogP contribution in [0.5, 0.6) is 5.75 Å². The topological polar surface area (TPSA) is 38.3 Å². The number of ether oxygens (including phenoxy) is 1. The van der Waals surface area contributed by atoms with Crippen molar-refractivity contribution in [2.45, 2.75) is 6.92 Å². The number of hydrogen-bond acceptors (Lipinski definition) is 2. The summed E-state index contributed by atoms with van der Waals surface area (Å²) in [4.78, 5) is 11.8. The second kappa shape index (κ2) is 7.03. The molecule has 1 amide bonds. The summed E-state index contributed by atoms with van der Waals surface area (Å²) < 4.78 is 5.45. The van der Waals surface area contributed by atoms with Gasteiger partial charge in [0.25, 0.3) is 5.91 Å². The van der Waals surface area contributed by atoms with Gasteiger partial charge in [0.2, 0.25) is 0 Å². The Morgan fingerprint density at radius 1 is 1.14 bits per heavy atom. The van der Waals surface area contributed by atoms with E-state index in [4.69, 9.17) is 39.5 Å². The Kier molecular flexibility index (Phi) is 5.34. The Bertz CT molecular complexity index is 651. The molecule has 0 radical (unpaired) electrons. The maximum Gasteiger partial charge on any atom is 0.262 e. The lowest BCUT2D eigenvalue weighted by atomic mass is 10.2. The molecule has 3 nitrogen and oxygen atoms in total. The zero-order valence-corrected chi connectivity index (χ0v) is 13.4. The van der Waals surface area contributed by atoms with Crippen molar-refractivity contribution in [3.8, 4) is 5.75 Å². The SMILES string of the molecule is Cc1cc(Cl)cc(Cl)c1OCC(=O)Nc1cccc(Cl)c1. The van der Waals surface area contributed by atoms with Crippen molar-refractivity contribution in [2.75, 3.05) is 11.9 Å². The third-order valence-corrected chi connectivity index (χ3v) is 3.38. The molecule has 2 aromatic rings. The number of hydrogen-bond donors (Lipinski definition) is 1. The fourth-order valence-electron chi connectivity index (χ4n) is 1.77. The zero-order valence-electron chi connectivity index (χ0n) is 11.1. The quantitative estimate of drug-likeness (QED) is 0.850. The first-order valence-electron chi connectivity index (χ1n) is 6.09. The number of anilines is 1. The van der Waals surface area contributed by atoms with E-state index in [-0.39, 0.29) is 12.5 Å². The van der Waals surface area contributed by atoms with Gasteiger partial charge < -0.3 is 10.1 Å². The van der Waals surface area contributed by atoms with Crippen molar-refractivity contribution in [3.05, 3.63) is 57.0 Å². The number of carbonyl (C=O) groups is 1. The average Bonchev–Trinajstić information content (AvgIpc) is 2.37. The Balaban J connectivity index is 1.99. The standard InChI is InChI=1S/C15H12Cl3NO2/c1-9-5-11(17)7-13(18)15(9)21-8-14(20)19-12-4-2-3-10(16)6-12/h2-7H,8H2,1H3,(H,19,20). The number of carbonyl (C=O) groups excluding carboxylic acids is 1. The van der Waals surface area contributed by atoms with E-state index in [2.05, 4.69) is 5.32 Å². The predicted molar refractivity (Wildman–Crippen MR) is 86.8 cm³/mol. The number of nitrogens with one attached hydrogen (secondary N) is 1. The molecule has 21 heavy (non-hydrogen) atoms. The van der Waals surface area contributed by atoms with Crippen LogP contribution in [0.1, 0.15) is 5.56 Å². The Labute approximate surface area is 137 Å². The minimum Gasteiger partial charge on any atom is -0.482 e. The highest BCUT2D eigenvalue weighted by molar-refractivity contribution is 6.35. The van der Waals surface area contributed by atoms with Gasteiger partial charge in [0.15, 0.2) is 6.61 Å². The normalized spacial score (nSPS) is 10.3. The van der Waals surface area contributed by atoms with Crippen LogP contribution in [0, 0.1) is 6.92 Å². The van der Waals surface area contributed by atoms with Crippen LogP contribution in [-0.4, -0.2) is 12.5 Å². The van der Waals surface area contributed by atoms with E-state index < -0.39 is 0 Å². The molecule has 110 valence electrons. The predicted octanol–water partition coefficient (Wildman–Crippen LogP) is 4.97. The average molecular weight is 345 g/mol. The first kappa shape index (κ1) is 16.0. The van der Waals surface area contributed by atoms with Crippen LogP contribution in [-0.2, 0) is 4.79 Å². The molecule has 0 bridgehead atoms. The van der Waals surface area contributed by atoms with Gasteiger partial charge in [0.1, 0.15) is 5.75 Å². The van der Waals surface area contributed by atoms with Gasteiger partial charge in [-0.1, -0.05) is 40.9 Å². The molecule has 2 aromatic carbocycles. The summed E-state index contributed by atoms with van der Waals surface area (Å²) in [6, 6.07) is 10.2. The minimum atomic E-state index is -0.303. The monoisotopic (exact) mass is 343 g/mol. The third-order valence-electron chi connectivity index (χ3n) is 2.65. The van der Waals surface area contributed by atoms with Crippen LogP contribution in [0.15, 0.2) is 36.4 Å². The lowest BCUT2D eigenvalue weighted by Crippen LogP contribution is -2.20. The maximum absolute atomic E-state index is 11.8. The summed E-state index contributed by atoms with van der Waals surface area (Å²) in [7, 11) is 0. The second-order valence-corrected chi connectivity index (χ2v) is 5.66. The number of halogens is 3. The van der Waals surface area contributed by atoms with Gasteiger partial charge in [0, 0.05) is 15.7 Å². The van der Waals surface area contributed by atoms with E-state index in [9.17, 15) is 4.79 Å². The van der Waals surface area contributed by atoms with E-state index in [0.717, 1.165) is 5.56 Å². The molecule has 0 aliphatic heterocycles. The molecule has 0 unspecified atom stereocenters. The molecule has 6 heteroatoms. The number of aryl methyl sites for hydroxylation is 1. The van der Waals surface area contributed by atoms with Gasteiger partial charge in [-0.25, -0.2) is 0 Å². The highest BCUT2D eigenvalue weighted by Crippen LogP contribution is 2.31. The van der Waals surface area contributed by atoms with Crippen molar-refractivity contribution in [3.63, 3.8) is 0 Å². The molecule has 0 saturated heterocycles. The Morgan fingerprint density at radius 3 is 2.57 bits per heavy atom. The Morgan fingerprint density at radius 2 is 1.90 bits per heavy atom. The molecular formula is C15H12Cl3NO2. The Hall–Kier alpha value is -1.42. The van der Waals surface area contributed by atoms with Crippen molar-refractivity contribution in [1.82, 2.24) is 0 Å². The minimum absolute atomic E-state index is 0.158. The first-order chi connectivity index (χ1) is 9.95. The van der Waals surface area contributed by atoms with Crippen molar-refractivity contribution >= 4 is 46.4 Å². The highest BCUT2D eigenvalue weighted by atomic mass is 35.5. The fourth-order valence-corrected chi connectivity index (χ4v) is 2.61. The smallest absolute Gasteiger partial charge is 0.262 e. The van der Waals surface area contributed by atoms with Gasteiger partial charge in [-0.15, -0.1) is 0 Å². The summed E-state index contributed by atoms with van der Waals surface area (Å²) in [5.74, 6) is 0.144. The van der Waals surface area contributed by atoms with Crippen LogP contribution in [0.4, 0.5) is 5.69 Å². The molecule has 0 atom stereocenters. The summed E-state index contributed by atoms with van der Waals surface area (Å²) in [5, 5.41) is 4.12. The van der Waals surface area contributed by atoms with Crippen molar-refractivity contribution < 1.29 is 9.53 Å². The van der Waals surface area contributed by atoms with Crippen molar-refractivity contribution in [1.29, 1.82) is 0 Å². The van der Waals surface area contributed by atoms with Gasteiger partial charge in [-0.3, -0.25) is 4.79 Å². The third kappa shape index (κ3) is 4.53. The molecule has 0 spiro atoms. The molecule has 2 rings (SSSR count). The van der Waals surface area contributed by atoms with Gasteiger partial charge in [0.05, 0.1) is 5.02 Å². The summed E-state index contributed by atoms with van der Waals surface area (Å²) in [6.45, 7) is 1.65. The van der Waals surface area contributed by atoms with E-state index >= 15 is 0 Å². The van der Waals surface area contributed by atoms with E-state index in [1.54, 1.807) is 36.4 Å².